The van der Waals surface area contributed by atoms with Crippen LogP contribution < -0.4 is 5.32 Å². The Morgan fingerprint density at radius 1 is 1.00 bits per heavy atom. The molecule has 0 aliphatic heterocycles. The van der Waals surface area contributed by atoms with Gasteiger partial charge < -0.3 is 14.8 Å². The Morgan fingerprint density at radius 3 is 2.06 bits per heavy atom. The molecule has 1 unspecified atom stereocenters. The minimum atomic E-state index is -1.47. The Kier molecular flexibility index (Phi) is 7.49. The topological polar surface area (TPSA) is 81.7 Å². The Bertz CT molecular complexity index is 928. The number of fused-ring (bicyclic) bond motifs is 3. The second kappa shape index (κ2) is 10.1. The van der Waals surface area contributed by atoms with Crippen molar-refractivity contribution >= 4 is 22.9 Å². The molecule has 6 nitrogen and oxygen atoms in total. The molecule has 1 amide bonds. The first-order valence-corrected chi connectivity index (χ1v) is 11.8. The second-order valence-corrected chi connectivity index (χ2v) is 9.71. The number of rotatable bonds is 8. The molecule has 0 fully saturated rings. The maximum atomic E-state index is 12.6. The molecule has 166 valence electrons. The summed E-state index contributed by atoms with van der Waals surface area (Å²) in [6.07, 6.45) is -0.564. The Balaban J connectivity index is 1.58. The fourth-order valence-corrected chi connectivity index (χ4v) is 5.73. The number of ether oxygens (including phenoxy) is 2. The third kappa shape index (κ3) is 5.15. The molecule has 3 rings (SSSR count). The molecule has 1 N–H and O–H groups in total. The zero-order chi connectivity index (χ0) is 22.5. The molecule has 2 aromatic carbocycles. The Labute approximate surface area is 185 Å². The van der Waals surface area contributed by atoms with Crippen LogP contribution in [0.1, 0.15) is 37.8 Å². The first kappa shape index (κ1) is 23.0. The number of alkyl carbamates (subject to hydrolysis) is 1. The summed E-state index contributed by atoms with van der Waals surface area (Å²) in [5.41, 5.74) is 4.61. The third-order valence-electron chi connectivity index (χ3n) is 5.44. The quantitative estimate of drug-likeness (QED) is 0.627. The first-order chi connectivity index (χ1) is 14.8. The zero-order valence-electron chi connectivity index (χ0n) is 18.3. The summed E-state index contributed by atoms with van der Waals surface area (Å²) in [4.78, 5) is 24.3. The number of carbonyl (C=O) groups excluding carboxylic acids is 2. The van der Waals surface area contributed by atoms with Crippen LogP contribution in [0.4, 0.5) is 4.79 Å². The number of hydrogen-bond donors (Lipinski definition) is 1. The van der Waals surface area contributed by atoms with Crippen LogP contribution in [0, 0.1) is 5.92 Å². The van der Waals surface area contributed by atoms with Crippen LogP contribution in [-0.4, -0.2) is 47.0 Å². The van der Waals surface area contributed by atoms with E-state index in [-0.39, 0.29) is 24.2 Å². The summed E-state index contributed by atoms with van der Waals surface area (Å²) in [5, 5.41) is 2.00. The van der Waals surface area contributed by atoms with Gasteiger partial charge in [0.1, 0.15) is 11.9 Å². The smallest absolute Gasteiger partial charge is 0.407 e. The van der Waals surface area contributed by atoms with Crippen LogP contribution in [0.25, 0.3) is 11.1 Å². The average Bonchev–Trinajstić information content (AvgIpc) is 3.05. The van der Waals surface area contributed by atoms with Crippen molar-refractivity contribution in [3.8, 4) is 11.1 Å². The molecular formula is C24H29NO5S. The van der Waals surface area contributed by atoms with Gasteiger partial charge in [-0.1, -0.05) is 62.4 Å². The van der Waals surface area contributed by atoms with E-state index in [1.165, 1.54) is 18.2 Å². The number of hydrogen-bond acceptors (Lipinski definition) is 5. The minimum Gasteiger partial charge on any atom is -0.468 e. The van der Waals surface area contributed by atoms with Gasteiger partial charge in [0.25, 0.3) is 0 Å². The molecule has 0 heterocycles. The van der Waals surface area contributed by atoms with E-state index in [1.54, 1.807) is 6.92 Å². The third-order valence-corrected chi connectivity index (χ3v) is 7.58. The van der Waals surface area contributed by atoms with E-state index in [0.717, 1.165) is 11.1 Å². The molecule has 7 heteroatoms. The maximum Gasteiger partial charge on any atom is 0.407 e. The number of nitrogens with one attached hydrogen (secondary N) is 1. The largest absolute Gasteiger partial charge is 0.468 e. The normalized spacial score (nSPS) is 15.5. The average molecular weight is 444 g/mol. The van der Waals surface area contributed by atoms with Gasteiger partial charge in [0, 0.05) is 28.5 Å². The summed E-state index contributed by atoms with van der Waals surface area (Å²) in [6, 6.07) is 15.9. The maximum absolute atomic E-state index is 12.6. The predicted octanol–water partition coefficient (Wildman–Crippen LogP) is 3.86. The molecular weight excluding hydrogens is 414 g/mol. The van der Waals surface area contributed by atoms with Crippen molar-refractivity contribution in [2.24, 2.45) is 5.92 Å². The van der Waals surface area contributed by atoms with Crippen LogP contribution >= 0.6 is 0 Å². The lowest BCUT2D eigenvalue weighted by Crippen LogP contribution is -2.41. The van der Waals surface area contributed by atoms with Gasteiger partial charge in [-0.25, -0.2) is 4.79 Å². The van der Waals surface area contributed by atoms with E-state index in [2.05, 4.69) is 29.6 Å². The lowest BCUT2D eigenvalue weighted by atomic mass is 9.98. The van der Waals surface area contributed by atoms with Gasteiger partial charge in [-0.05, 0) is 35.1 Å². The number of methoxy groups -OCH3 is 1. The zero-order valence-corrected chi connectivity index (χ0v) is 19.1. The van der Waals surface area contributed by atoms with Crippen LogP contribution in [-0.2, 0) is 25.1 Å². The molecule has 0 aromatic heterocycles. The molecule has 1 aliphatic rings. The molecule has 0 spiro atoms. The summed E-state index contributed by atoms with van der Waals surface area (Å²) in [7, 11) is -0.190. The molecule has 2 aromatic rings. The van der Waals surface area contributed by atoms with Crippen molar-refractivity contribution in [3.63, 3.8) is 0 Å². The summed E-state index contributed by atoms with van der Waals surface area (Å²) < 4.78 is 22.9. The van der Waals surface area contributed by atoms with E-state index in [1.807, 2.05) is 38.1 Å². The number of amides is 1. The van der Waals surface area contributed by atoms with Gasteiger partial charge in [0.15, 0.2) is 0 Å². The Hall–Kier alpha value is -2.67. The number of esters is 1. The molecule has 0 bridgehead atoms. The van der Waals surface area contributed by atoms with E-state index < -0.39 is 34.2 Å². The van der Waals surface area contributed by atoms with Crippen LogP contribution in [0.5, 0.6) is 0 Å². The molecule has 0 saturated heterocycles. The van der Waals surface area contributed by atoms with Crippen LogP contribution in [0.2, 0.25) is 0 Å². The first-order valence-electron chi connectivity index (χ1n) is 10.4. The fourth-order valence-electron chi connectivity index (χ4n) is 4.03. The fraction of sp³-hybridized carbons (Fsp3) is 0.417. The van der Waals surface area contributed by atoms with Gasteiger partial charge >= 0.3 is 12.1 Å². The van der Waals surface area contributed by atoms with Crippen LogP contribution in [0.15, 0.2) is 48.5 Å². The summed E-state index contributed by atoms with van der Waals surface area (Å²) in [5.74, 6) is -0.508. The van der Waals surface area contributed by atoms with Gasteiger partial charge in [-0.2, -0.15) is 0 Å². The summed E-state index contributed by atoms with van der Waals surface area (Å²) >= 11 is 0. The monoisotopic (exact) mass is 443 g/mol. The van der Waals surface area contributed by atoms with E-state index in [4.69, 9.17) is 9.47 Å². The lowest BCUT2D eigenvalue weighted by molar-refractivity contribution is -0.140. The molecule has 31 heavy (non-hydrogen) atoms. The Morgan fingerprint density at radius 2 is 1.55 bits per heavy atom. The highest BCUT2D eigenvalue weighted by Gasteiger charge is 2.31. The highest BCUT2D eigenvalue weighted by molar-refractivity contribution is 7.86. The minimum absolute atomic E-state index is 0.0211. The second-order valence-electron chi connectivity index (χ2n) is 8.11. The molecule has 1 aliphatic carbocycles. The SMILES string of the molecule is COC(=O)[C@@H](C(C)C)S(=O)C[C@H](C)NC(=O)OCC1c2ccccc2-c2ccccc21. The lowest BCUT2D eigenvalue weighted by Gasteiger charge is -2.21. The van der Waals surface area contributed by atoms with Crippen molar-refractivity contribution in [2.75, 3.05) is 19.5 Å². The van der Waals surface area contributed by atoms with Crippen molar-refractivity contribution in [1.82, 2.24) is 5.32 Å². The van der Waals surface area contributed by atoms with Crippen molar-refractivity contribution < 1.29 is 23.3 Å². The van der Waals surface area contributed by atoms with Gasteiger partial charge in [-0.15, -0.1) is 0 Å². The van der Waals surface area contributed by atoms with Gasteiger partial charge in [0.05, 0.1) is 7.11 Å². The molecule has 0 saturated carbocycles. The highest BCUT2D eigenvalue weighted by Crippen LogP contribution is 2.44. The van der Waals surface area contributed by atoms with Crippen molar-refractivity contribution in [3.05, 3.63) is 59.7 Å². The molecule has 0 radical (unpaired) electrons. The standard InChI is InChI=1S/C24H29NO5S/c1-15(2)22(23(26)29-4)31(28)14-16(3)25-24(27)30-13-21-19-11-7-5-9-17(19)18-10-6-8-12-20(18)21/h5-12,15-16,21-22H,13-14H2,1-4H3,(H,25,27)/t16-,22+,31?/m0/s1. The van der Waals surface area contributed by atoms with E-state index >= 15 is 0 Å². The summed E-state index contributed by atoms with van der Waals surface area (Å²) in [6.45, 7) is 5.60. The van der Waals surface area contributed by atoms with Crippen molar-refractivity contribution in [2.45, 2.75) is 38.0 Å². The number of carbonyl (C=O) groups is 2. The van der Waals surface area contributed by atoms with Crippen LogP contribution in [0.3, 0.4) is 0 Å². The highest BCUT2D eigenvalue weighted by atomic mass is 32.2. The van der Waals surface area contributed by atoms with Crippen molar-refractivity contribution in [1.29, 1.82) is 0 Å². The predicted molar refractivity (Wildman–Crippen MR) is 121 cm³/mol. The van der Waals surface area contributed by atoms with E-state index in [9.17, 15) is 13.8 Å². The number of benzene rings is 2. The van der Waals surface area contributed by atoms with E-state index in [0.29, 0.717) is 0 Å². The van der Waals surface area contributed by atoms with Gasteiger partial charge in [0.2, 0.25) is 0 Å². The molecule has 3 atom stereocenters. The van der Waals surface area contributed by atoms with Gasteiger partial charge in [-0.3, -0.25) is 9.00 Å².